The predicted octanol–water partition coefficient (Wildman–Crippen LogP) is 3.76. The third kappa shape index (κ3) is 3.93. The van der Waals surface area contributed by atoms with Crippen LogP contribution in [0.4, 0.5) is 0 Å². The molecular weight excluding hydrogens is 238 g/mol. The average Bonchev–Trinajstić information content (AvgIpc) is 2.25. The minimum Gasteiger partial charge on any atom is -0.474 e. The standard InChI is InChI=1S/C16H25NO2/c1-6-12-7-8-14(17-11-12)18-13-9-15(2,3)19-16(4,5)10-13/h7-8,11,13H,6,9-10H2,1-5H3. The monoisotopic (exact) mass is 263 g/mol. The first-order valence-electron chi connectivity index (χ1n) is 7.11. The Morgan fingerprint density at radius 2 is 1.84 bits per heavy atom. The van der Waals surface area contributed by atoms with Crippen molar-refractivity contribution in [1.82, 2.24) is 4.98 Å². The summed E-state index contributed by atoms with van der Waals surface area (Å²) in [5.74, 6) is 0.718. The number of ether oxygens (including phenoxy) is 2. The van der Waals surface area contributed by atoms with Crippen molar-refractivity contribution in [3.63, 3.8) is 0 Å². The summed E-state index contributed by atoms with van der Waals surface area (Å²) >= 11 is 0. The molecule has 0 radical (unpaired) electrons. The fourth-order valence-corrected chi connectivity index (χ4v) is 2.94. The molecule has 1 aromatic rings. The van der Waals surface area contributed by atoms with E-state index in [0.717, 1.165) is 25.1 Å². The maximum absolute atomic E-state index is 6.07. The van der Waals surface area contributed by atoms with Gasteiger partial charge in [0.05, 0.1) is 11.2 Å². The molecule has 1 fully saturated rings. The highest BCUT2D eigenvalue weighted by atomic mass is 16.5. The van der Waals surface area contributed by atoms with Crippen LogP contribution in [0, 0.1) is 0 Å². The van der Waals surface area contributed by atoms with Crippen molar-refractivity contribution in [3.05, 3.63) is 23.9 Å². The number of nitrogens with zero attached hydrogens (tertiary/aromatic N) is 1. The minimum absolute atomic E-state index is 0.143. The van der Waals surface area contributed by atoms with E-state index < -0.39 is 0 Å². The number of hydrogen-bond acceptors (Lipinski definition) is 3. The molecule has 2 rings (SSSR count). The van der Waals surface area contributed by atoms with Gasteiger partial charge in [0.2, 0.25) is 5.88 Å². The van der Waals surface area contributed by atoms with Gasteiger partial charge in [0.25, 0.3) is 0 Å². The van der Waals surface area contributed by atoms with Gasteiger partial charge in [-0.25, -0.2) is 4.98 Å². The minimum atomic E-state index is -0.143. The van der Waals surface area contributed by atoms with Crippen LogP contribution in [0.15, 0.2) is 18.3 Å². The maximum atomic E-state index is 6.07. The molecule has 0 N–H and O–H groups in total. The van der Waals surface area contributed by atoms with E-state index in [4.69, 9.17) is 9.47 Å². The zero-order chi connectivity index (χ0) is 14.1. The molecular formula is C16H25NO2. The van der Waals surface area contributed by atoms with Crippen molar-refractivity contribution in [2.24, 2.45) is 0 Å². The Morgan fingerprint density at radius 3 is 2.32 bits per heavy atom. The first-order valence-corrected chi connectivity index (χ1v) is 7.11. The third-order valence-corrected chi connectivity index (χ3v) is 3.48. The number of hydrogen-bond donors (Lipinski definition) is 0. The van der Waals surface area contributed by atoms with Crippen molar-refractivity contribution in [2.75, 3.05) is 0 Å². The zero-order valence-electron chi connectivity index (χ0n) is 12.7. The van der Waals surface area contributed by atoms with Gasteiger partial charge < -0.3 is 9.47 Å². The molecule has 0 bridgehead atoms. The van der Waals surface area contributed by atoms with E-state index in [0.29, 0.717) is 0 Å². The van der Waals surface area contributed by atoms with Crippen LogP contribution in [-0.2, 0) is 11.2 Å². The normalized spacial score (nSPS) is 22.2. The number of aryl methyl sites for hydroxylation is 1. The van der Waals surface area contributed by atoms with Gasteiger partial charge in [-0.15, -0.1) is 0 Å². The van der Waals surface area contributed by atoms with Crippen molar-refractivity contribution in [2.45, 2.75) is 71.2 Å². The summed E-state index contributed by atoms with van der Waals surface area (Å²) in [6.45, 7) is 10.6. The molecule has 0 spiro atoms. The highest BCUT2D eigenvalue weighted by Crippen LogP contribution is 2.36. The molecule has 3 heteroatoms. The Balaban J connectivity index is 2.05. The van der Waals surface area contributed by atoms with Gasteiger partial charge in [-0.1, -0.05) is 13.0 Å². The van der Waals surface area contributed by atoms with Gasteiger partial charge in [0.15, 0.2) is 0 Å². The molecule has 1 saturated heterocycles. The number of aromatic nitrogens is 1. The average molecular weight is 263 g/mol. The van der Waals surface area contributed by atoms with Gasteiger partial charge in [-0.05, 0) is 39.7 Å². The topological polar surface area (TPSA) is 31.4 Å². The van der Waals surface area contributed by atoms with Gasteiger partial charge in [0, 0.05) is 25.1 Å². The van der Waals surface area contributed by atoms with Crippen molar-refractivity contribution in [1.29, 1.82) is 0 Å². The fraction of sp³-hybridized carbons (Fsp3) is 0.688. The largest absolute Gasteiger partial charge is 0.474 e. The summed E-state index contributed by atoms with van der Waals surface area (Å²) in [6.07, 6.45) is 4.86. The van der Waals surface area contributed by atoms with E-state index in [-0.39, 0.29) is 17.3 Å². The lowest BCUT2D eigenvalue weighted by Gasteiger charge is -2.44. The Hall–Kier alpha value is -1.09. The third-order valence-electron chi connectivity index (χ3n) is 3.48. The Labute approximate surface area is 116 Å². The second-order valence-corrected chi connectivity index (χ2v) is 6.63. The Morgan fingerprint density at radius 1 is 1.21 bits per heavy atom. The quantitative estimate of drug-likeness (QED) is 0.832. The van der Waals surface area contributed by atoms with Crippen LogP contribution in [0.3, 0.4) is 0 Å². The summed E-state index contributed by atoms with van der Waals surface area (Å²) in [6, 6.07) is 4.05. The Kier molecular flexibility index (Phi) is 3.86. The molecule has 2 heterocycles. The van der Waals surface area contributed by atoms with Gasteiger partial charge in [-0.2, -0.15) is 0 Å². The highest BCUT2D eigenvalue weighted by molar-refractivity contribution is 5.18. The van der Waals surface area contributed by atoms with E-state index in [1.165, 1.54) is 5.56 Å². The molecule has 0 atom stereocenters. The molecule has 0 aromatic carbocycles. The summed E-state index contributed by atoms with van der Waals surface area (Å²) in [7, 11) is 0. The summed E-state index contributed by atoms with van der Waals surface area (Å²) in [5.41, 5.74) is 0.950. The molecule has 1 aliphatic heterocycles. The SMILES string of the molecule is CCc1ccc(OC2CC(C)(C)OC(C)(C)C2)nc1. The van der Waals surface area contributed by atoms with Crippen LogP contribution in [0.5, 0.6) is 5.88 Å². The summed E-state index contributed by atoms with van der Waals surface area (Å²) < 4.78 is 12.1. The van der Waals surface area contributed by atoms with Crippen LogP contribution in [-0.4, -0.2) is 22.3 Å². The molecule has 0 unspecified atom stereocenters. The summed E-state index contributed by atoms with van der Waals surface area (Å²) in [5, 5.41) is 0. The van der Waals surface area contributed by atoms with Gasteiger partial charge >= 0.3 is 0 Å². The van der Waals surface area contributed by atoms with Crippen LogP contribution in [0.25, 0.3) is 0 Å². The molecule has 3 nitrogen and oxygen atoms in total. The first-order chi connectivity index (χ1) is 8.80. The van der Waals surface area contributed by atoms with Crippen LogP contribution in [0.1, 0.15) is 53.0 Å². The van der Waals surface area contributed by atoms with E-state index >= 15 is 0 Å². The lowest BCUT2D eigenvalue weighted by atomic mass is 9.87. The molecule has 0 amide bonds. The second kappa shape index (κ2) is 5.12. The lowest BCUT2D eigenvalue weighted by molar-refractivity contribution is -0.182. The lowest BCUT2D eigenvalue weighted by Crippen LogP contribution is -2.49. The van der Waals surface area contributed by atoms with E-state index in [9.17, 15) is 0 Å². The van der Waals surface area contributed by atoms with Crippen LogP contribution in [0.2, 0.25) is 0 Å². The maximum Gasteiger partial charge on any atom is 0.213 e. The van der Waals surface area contributed by atoms with E-state index in [1.807, 2.05) is 12.3 Å². The van der Waals surface area contributed by atoms with Crippen molar-refractivity contribution < 1.29 is 9.47 Å². The highest BCUT2D eigenvalue weighted by Gasteiger charge is 2.40. The first kappa shape index (κ1) is 14.3. The summed E-state index contributed by atoms with van der Waals surface area (Å²) in [4.78, 5) is 4.38. The molecule has 19 heavy (non-hydrogen) atoms. The van der Waals surface area contributed by atoms with Gasteiger partial charge in [-0.3, -0.25) is 0 Å². The van der Waals surface area contributed by atoms with Gasteiger partial charge in [0.1, 0.15) is 6.10 Å². The fourth-order valence-electron chi connectivity index (χ4n) is 2.94. The van der Waals surface area contributed by atoms with E-state index in [1.54, 1.807) is 0 Å². The van der Waals surface area contributed by atoms with Crippen LogP contribution < -0.4 is 4.74 Å². The van der Waals surface area contributed by atoms with Crippen molar-refractivity contribution >= 4 is 0 Å². The molecule has 0 aliphatic carbocycles. The molecule has 1 aromatic heterocycles. The molecule has 0 saturated carbocycles. The second-order valence-electron chi connectivity index (χ2n) is 6.63. The predicted molar refractivity (Wildman–Crippen MR) is 76.5 cm³/mol. The van der Waals surface area contributed by atoms with E-state index in [2.05, 4.69) is 45.7 Å². The number of rotatable bonds is 3. The van der Waals surface area contributed by atoms with Crippen LogP contribution >= 0.6 is 0 Å². The van der Waals surface area contributed by atoms with Crippen molar-refractivity contribution in [3.8, 4) is 5.88 Å². The number of pyridine rings is 1. The smallest absolute Gasteiger partial charge is 0.213 e. The Bertz CT molecular complexity index is 407. The molecule has 106 valence electrons. The zero-order valence-corrected chi connectivity index (χ0v) is 12.7. The molecule has 1 aliphatic rings.